The Balaban J connectivity index is 2.51. The predicted molar refractivity (Wildman–Crippen MR) is 74.5 cm³/mol. The Hall–Kier alpha value is -2.50. The number of rotatable bonds is 4. The molecule has 0 aliphatic heterocycles. The lowest BCUT2D eigenvalue weighted by Gasteiger charge is -2.22. The first kappa shape index (κ1) is 14.9. The monoisotopic (exact) mass is 289 g/mol. The fourth-order valence-corrected chi connectivity index (χ4v) is 2.37. The van der Waals surface area contributed by atoms with Crippen LogP contribution in [-0.2, 0) is 14.3 Å². The van der Waals surface area contributed by atoms with Gasteiger partial charge in [-0.05, 0) is 18.9 Å². The molecule has 1 aromatic carbocycles. The minimum absolute atomic E-state index is 0.134. The van der Waals surface area contributed by atoms with Crippen molar-refractivity contribution >= 4 is 17.4 Å². The summed E-state index contributed by atoms with van der Waals surface area (Å²) >= 11 is 0. The number of allylic oxidation sites excluding steroid dienone is 1. The quantitative estimate of drug-likeness (QED) is 0.483. The predicted octanol–water partition coefficient (Wildman–Crippen LogP) is 2.88. The van der Waals surface area contributed by atoms with Gasteiger partial charge in [0.1, 0.15) is 0 Å². The summed E-state index contributed by atoms with van der Waals surface area (Å²) in [7, 11) is 0. The van der Waals surface area contributed by atoms with Crippen LogP contribution in [0, 0.1) is 10.1 Å². The first-order chi connectivity index (χ1) is 10.0. The third-order valence-corrected chi connectivity index (χ3v) is 3.28. The Morgan fingerprint density at radius 3 is 2.71 bits per heavy atom. The lowest BCUT2D eigenvalue weighted by atomic mass is 9.90. The number of carbonyl (C=O) groups is 2. The molecule has 0 bridgehead atoms. The van der Waals surface area contributed by atoms with Crippen LogP contribution >= 0.6 is 0 Å². The van der Waals surface area contributed by atoms with Crippen molar-refractivity contribution in [3.8, 4) is 0 Å². The molecule has 110 valence electrons. The van der Waals surface area contributed by atoms with Crippen LogP contribution in [0.15, 0.2) is 35.9 Å². The molecular weight excluding hydrogens is 274 g/mol. The molecular formula is C15H15NO5. The van der Waals surface area contributed by atoms with Gasteiger partial charge in [-0.3, -0.25) is 19.7 Å². The molecule has 21 heavy (non-hydrogen) atoms. The minimum atomic E-state index is -1.02. The molecule has 0 aromatic heterocycles. The van der Waals surface area contributed by atoms with Crippen molar-refractivity contribution in [1.29, 1.82) is 0 Å². The van der Waals surface area contributed by atoms with Crippen LogP contribution in [0.5, 0.6) is 0 Å². The Morgan fingerprint density at radius 1 is 1.38 bits per heavy atom. The van der Waals surface area contributed by atoms with Gasteiger partial charge in [-0.15, -0.1) is 0 Å². The standard InChI is InChI=1S/C15H15NO5/c1-10(17)21-15(12-7-3-5-9-14(12)18)11-6-2-4-8-13(11)16(19)20/h2,4,6-8,15H,3,5,9H2,1H3. The normalized spacial score (nSPS) is 16.0. The highest BCUT2D eigenvalue weighted by molar-refractivity contribution is 5.97. The van der Waals surface area contributed by atoms with E-state index in [1.807, 2.05) is 0 Å². The van der Waals surface area contributed by atoms with Gasteiger partial charge in [0.2, 0.25) is 0 Å². The van der Waals surface area contributed by atoms with E-state index in [-0.39, 0.29) is 17.0 Å². The second kappa shape index (κ2) is 6.30. The van der Waals surface area contributed by atoms with E-state index in [0.29, 0.717) is 18.4 Å². The molecule has 0 amide bonds. The maximum Gasteiger partial charge on any atom is 0.303 e. The van der Waals surface area contributed by atoms with Gasteiger partial charge in [-0.1, -0.05) is 18.2 Å². The molecule has 2 rings (SSSR count). The highest BCUT2D eigenvalue weighted by Crippen LogP contribution is 2.35. The van der Waals surface area contributed by atoms with Crippen LogP contribution in [-0.4, -0.2) is 16.7 Å². The number of nitro benzene ring substituents is 1. The van der Waals surface area contributed by atoms with Crippen molar-refractivity contribution < 1.29 is 19.2 Å². The lowest BCUT2D eigenvalue weighted by Crippen LogP contribution is -2.20. The molecule has 1 unspecified atom stereocenters. The van der Waals surface area contributed by atoms with Crippen molar-refractivity contribution in [2.24, 2.45) is 0 Å². The average molecular weight is 289 g/mol. The van der Waals surface area contributed by atoms with Crippen molar-refractivity contribution in [1.82, 2.24) is 0 Å². The molecule has 0 heterocycles. The summed E-state index contributed by atoms with van der Waals surface area (Å²) in [6, 6.07) is 5.99. The molecule has 6 heteroatoms. The zero-order chi connectivity index (χ0) is 15.4. The number of ketones is 1. The highest BCUT2D eigenvalue weighted by atomic mass is 16.6. The topological polar surface area (TPSA) is 86.5 Å². The molecule has 0 N–H and O–H groups in total. The van der Waals surface area contributed by atoms with Crippen molar-refractivity contribution in [2.75, 3.05) is 0 Å². The molecule has 0 fully saturated rings. The Bertz CT molecular complexity index is 620. The van der Waals surface area contributed by atoms with Gasteiger partial charge in [0.25, 0.3) is 5.69 Å². The molecule has 0 spiro atoms. The van der Waals surface area contributed by atoms with Gasteiger partial charge in [-0.2, -0.15) is 0 Å². The van der Waals surface area contributed by atoms with Gasteiger partial charge in [0, 0.05) is 25.0 Å². The number of esters is 1. The fourth-order valence-electron chi connectivity index (χ4n) is 2.37. The number of benzene rings is 1. The maximum absolute atomic E-state index is 12.0. The summed E-state index contributed by atoms with van der Waals surface area (Å²) in [5.74, 6) is -0.719. The number of nitrogens with zero attached hydrogens (tertiary/aromatic N) is 1. The van der Waals surface area contributed by atoms with Crippen molar-refractivity contribution in [2.45, 2.75) is 32.3 Å². The van der Waals surface area contributed by atoms with Crippen molar-refractivity contribution in [3.63, 3.8) is 0 Å². The fraction of sp³-hybridized carbons (Fsp3) is 0.333. The van der Waals surface area contributed by atoms with E-state index in [2.05, 4.69) is 0 Å². The van der Waals surface area contributed by atoms with E-state index < -0.39 is 17.0 Å². The van der Waals surface area contributed by atoms with Crippen LogP contribution in [0.2, 0.25) is 0 Å². The second-order valence-electron chi connectivity index (χ2n) is 4.78. The van der Waals surface area contributed by atoms with E-state index in [1.165, 1.54) is 25.1 Å². The van der Waals surface area contributed by atoms with Crippen LogP contribution in [0.4, 0.5) is 5.69 Å². The first-order valence-corrected chi connectivity index (χ1v) is 6.64. The molecule has 1 aromatic rings. The van der Waals surface area contributed by atoms with E-state index in [1.54, 1.807) is 12.1 Å². The van der Waals surface area contributed by atoms with Crippen LogP contribution in [0.1, 0.15) is 37.9 Å². The largest absolute Gasteiger partial charge is 0.452 e. The van der Waals surface area contributed by atoms with Gasteiger partial charge in [0.05, 0.1) is 10.5 Å². The average Bonchev–Trinajstić information content (AvgIpc) is 2.45. The van der Waals surface area contributed by atoms with Crippen molar-refractivity contribution in [3.05, 3.63) is 51.6 Å². The number of carbonyl (C=O) groups excluding carboxylic acids is 2. The Kier molecular flexibility index (Phi) is 4.47. The maximum atomic E-state index is 12.0. The third-order valence-electron chi connectivity index (χ3n) is 3.28. The highest BCUT2D eigenvalue weighted by Gasteiger charge is 2.31. The van der Waals surface area contributed by atoms with Gasteiger partial charge in [0.15, 0.2) is 11.9 Å². The zero-order valence-electron chi connectivity index (χ0n) is 11.6. The lowest BCUT2D eigenvalue weighted by molar-refractivity contribution is -0.386. The zero-order valence-corrected chi connectivity index (χ0v) is 11.6. The molecule has 1 aliphatic rings. The van der Waals surface area contributed by atoms with Gasteiger partial charge in [-0.25, -0.2) is 0 Å². The molecule has 1 atom stereocenters. The minimum Gasteiger partial charge on any atom is -0.452 e. The van der Waals surface area contributed by atoms with Crippen LogP contribution in [0.25, 0.3) is 0 Å². The van der Waals surface area contributed by atoms with Gasteiger partial charge < -0.3 is 4.74 Å². The number of Topliss-reactive ketones (excluding diaryl/α,β-unsaturated/α-hetero) is 1. The Morgan fingerprint density at radius 2 is 2.10 bits per heavy atom. The second-order valence-corrected chi connectivity index (χ2v) is 4.78. The summed E-state index contributed by atoms with van der Waals surface area (Å²) < 4.78 is 5.20. The van der Waals surface area contributed by atoms with Crippen LogP contribution < -0.4 is 0 Å². The summed E-state index contributed by atoms with van der Waals surface area (Å²) in [6.07, 6.45) is 2.49. The number of hydrogen-bond acceptors (Lipinski definition) is 5. The van der Waals surface area contributed by atoms with Gasteiger partial charge >= 0.3 is 5.97 Å². The van der Waals surface area contributed by atoms with E-state index >= 15 is 0 Å². The van der Waals surface area contributed by atoms with Crippen LogP contribution in [0.3, 0.4) is 0 Å². The number of nitro groups is 1. The summed E-state index contributed by atoms with van der Waals surface area (Å²) in [5.41, 5.74) is 0.382. The third kappa shape index (κ3) is 3.34. The first-order valence-electron chi connectivity index (χ1n) is 6.64. The summed E-state index contributed by atoms with van der Waals surface area (Å²) in [4.78, 5) is 34.0. The molecule has 0 radical (unpaired) electrons. The summed E-state index contributed by atoms with van der Waals surface area (Å²) in [5, 5.41) is 11.1. The molecule has 0 saturated carbocycles. The Labute approximate surface area is 121 Å². The molecule has 1 aliphatic carbocycles. The molecule has 6 nitrogen and oxygen atoms in total. The smallest absolute Gasteiger partial charge is 0.303 e. The molecule has 0 saturated heterocycles. The number of hydrogen-bond donors (Lipinski definition) is 0. The summed E-state index contributed by atoms with van der Waals surface area (Å²) in [6.45, 7) is 1.22. The number of ether oxygens (including phenoxy) is 1. The van der Waals surface area contributed by atoms with E-state index in [4.69, 9.17) is 4.74 Å². The van der Waals surface area contributed by atoms with E-state index in [0.717, 1.165) is 6.42 Å². The number of para-hydroxylation sites is 1. The van der Waals surface area contributed by atoms with E-state index in [9.17, 15) is 19.7 Å². The SMILES string of the molecule is CC(=O)OC(C1=CCCCC1=O)c1ccccc1[N+](=O)[O-].